The molecule has 0 radical (unpaired) electrons. The molecule has 0 aliphatic carbocycles. The molecule has 2 aromatic rings. The number of carbonyl (C=O) groups is 2. The van der Waals surface area contributed by atoms with Crippen LogP contribution in [-0.4, -0.2) is 31.4 Å². The Morgan fingerprint density at radius 1 is 1.10 bits per heavy atom. The van der Waals surface area contributed by atoms with Crippen molar-refractivity contribution in [3.05, 3.63) is 54.1 Å². The molecule has 2 aromatic carbocycles. The van der Waals surface area contributed by atoms with Gasteiger partial charge in [0.1, 0.15) is 0 Å². The fraction of sp³-hybridized carbons (Fsp3) is 0.348. The molecule has 2 amide bonds. The molecular formula is C23H26N4O2. The first-order chi connectivity index (χ1) is 14.1. The predicted octanol–water partition coefficient (Wildman–Crippen LogP) is 3.93. The molecular weight excluding hydrogens is 364 g/mol. The van der Waals surface area contributed by atoms with Gasteiger partial charge in [0.15, 0.2) is 0 Å². The number of hydrogen-bond acceptors (Lipinski definition) is 4. The molecule has 0 atom stereocenters. The van der Waals surface area contributed by atoms with Gasteiger partial charge in [-0.05, 0) is 61.7 Å². The van der Waals surface area contributed by atoms with Crippen LogP contribution in [-0.2, 0) is 9.59 Å². The summed E-state index contributed by atoms with van der Waals surface area (Å²) in [5.41, 5.74) is 3.03. The van der Waals surface area contributed by atoms with Crippen molar-refractivity contribution in [2.24, 2.45) is 0 Å². The summed E-state index contributed by atoms with van der Waals surface area (Å²) in [6.45, 7) is 3.95. The molecule has 1 heterocycles. The maximum atomic E-state index is 12.3. The van der Waals surface area contributed by atoms with E-state index in [9.17, 15) is 9.59 Å². The molecule has 0 spiro atoms. The van der Waals surface area contributed by atoms with E-state index in [0.29, 0.717) is 17.8 Å². The van der Waals surface area contributed by atoms with Gasteiger partial charge in [-0.15, -0.1) is 0 Å². The SMILES string of the molecule is CC(=O)N(CCC(=O)Nc1cccc(C#N)c1)c1ccc(N2CCCCC2)cc1. The van der Waals surface area contributed by atoms with Gasteiger partial charge in [-0.1, -0.05) is 6.07 Å². The van der Waals surface area contributed by atoms with E-state index in [1.165, 1.54) is 31.9 Å². The summed E-state index contributed by atoms with van der Waals surface area (Å²) in [4.78, 5) is 28.4. The number of nitrogens with one attached hydrogen (secondary N) is 1. The van der Waals surface area contributed by atoms with Gasteiger partial charge in [-0.25, -0.2) is 0 Å². The van der Waals surface area contributed by atoms with Crippen LogP contribution in [0.5, 0.6) is 0 Å². The largest absolute Gasteiger partial charge is 0.372 e. The quantitative estimate of drug-likeness (QED) is 0.811. The van der Waals surface area contributed by atoms with Crippen molar-refractivity contribution in [3.8, 4) is 6.07 Å². The average Bonchev–Trinajstić information content (AvgIpc) is 2.75. The summed E-state index contributed by atoms with van der Waals surface area (Å²) in [6, 6.07) is 16.8. The zero-order valence-electron chi connectivity index (χ0n) is 16.7. The zero-order valence-corrected chi connectivity index (χ0v) is 16.7. The average molecular weight is 390 g/mol. The minimum atomic E-state index is -0.198. The van der Waals surface area contributed by atoms with Gasteiger partial charge < -0.3 is 15.1 Å². The van der Waals surface area contributed by atoms with Crippen molar-refractivity contribution >= 4 is 28.9 Å². The number of piperidine rings is 1. The summed E-state index contributed by atoms with van der Waals surface area (Å²) in [6.07, 6.45) is 3.89. The number of anilines is 3. The molecule has 1 N–H and O–H groups in total. The number of rotatable bonds is 6. The van der Waals surface area contributed by atoms with Crippen LogP contribution in [0.2, 0.25) is 0 Å². The van der Waals surface area contributed by atoms with Gasteiger partial charge in [-0.2, -0.15) is 5.26 Å². The van der Waals surface area contributed by atoms with Crippen LogP contribution in [0, 0.1) is 11.3 Å². The molecule has 0 saturated carbocycles. The first-order valence-electron chi connectivity index (χ1n) is 10.00. The molecule has 6 nitrogen and oxygen atoms in total. The van der Waals surface area contributed by atoms with Crippen LogP contribution in [0.3, 0.4) is 0 Å². The van der Waals surface area contributed by atoms with E-state index in [0.717, 1.165) is 18.8 Å². The van der Waals surface area contributed by atoms with Crippen LogP contribution in [0.15, 0.2) is 48.5 Å². The first kappa shape index (κ1) is 20.4. The summed E-state index contributed by atoms with van der Waals surface area (Å²) in [5, 5.41) is 11.7. The molecule has 1 aliphatic heterocycles. The minimum absolute atomic E-state index is 0.102. The molecule has 6 heteroatoms. The third kappa shape index (κ3) is 5.58. The molecule has 0 unspecified atom stereocenters. The van der Waals surface area contributed by atoms with Gasteiger partial charge in [0, 0.05) is 50.0 Å². The Morgan fingerprint density at radius 3 is 2.48 bits per heavy atom. The van der Waals surface area contributed by atoms with Gasteiger partial charge in [0.2, 0.25) is 11.8 Å². The molecule has 1 fully saturated rings. The second kappa shape index (κ2) is 9.74. The Labute approximate surface area is 171 Å². The number of hydrogen-bond donors (Lipinski definition) is 1. The molecule has 1 aliphatic rings. The summed E-state index contributed by atoms with van der Waals surface area (Å²) in [7, 11) is 0. The first-order valence-corrected chi connectivity index (χ1v) is 10.00. The van der Waals surface area contributed by atoms with E-state index in [1.54, 1.807) is 29.2 Å². The van der Waals surface area contributed by atoms with E-state index >= 15 is 0 Å². The van der Waals surface area contributed by atoms with Crippen molar-refractivity contribution in [3.63, 3.8) is 0 Å². The third-order valence-electron chi connectivity index (χ3n) is 5.10. The molecule has 29 heavy (non-hydrogen) atoms. The molecule has 150 valence electrons. The van der Waals surface area contributed by atoms with E-state index < -0.39 is 0 Å². The highest BCUT2D eigenvalue weighted by Gasteiger charge is 2.15. The minimum Gasteiger partial charge on any atom is -0.372 e. The number of carbonyl (C=O) groups excluding carboxylic acids is 2. The maximum absolute atomic E-state index is 12.3. The highest BCUT2D eigenvalue weighted by atomic mass is 16.2. The normalized spacial score (nSPS) is 13.4. The number of nitrogens with zero attached hydrogens (tertiary/aromatic N) is 3. The summed E-state index contributed by atoms with van der Waals surface area (Å²) in [5.74, 6) is -0.300. The Balaban J connectivity index is 1.60. The highest BCUT2D eigenvalue weighted by molar-refractivity contribution is 5.95. The standard InChI is InChI=1S/C23H26N4O2/c1-18(28)27(15-12-23(29)25-20-7-5-6-19(16-20)17-24)22-10-8-21(9-11-22)26-13-3-2-4-14-26/h5-11,16H,2-4,12-15H2,1H3,(H,25,29). The number of nitriles is 1. The molecule has 0 bridgehead atoms. The number of benzene rings is 2. The lowest BCUT2D eigenvalue weighted by Crippen LogP contribution is -2.32. The van der Waals surface area contributed by atoms with Gasteiger partial charge in [0.25, 0.3) is 0 Å². The monoisotopic (exact) mass is 390 g/mol. The van der Waals surface area contributed by atoms with E-state index in [4.69, 9.17) is 5.26 Å². The smallest absolute Gasteiger partial charge is 0.226 e. The topological polar surface area (TPSA) is 76.4 Å². The van der Waals surface area contributed by atoms with Crippen LogP contribution < -0.4 is 15.1 Å². The van der Waals surface area contributed by atoms with Gasteiger partial charge >= 0.3 is 0 Å². The van der Waals surface area contributed by atoms with E-state index in [-0.39, 0.29) is 18.2 Å². The zero-order chi connectivity index (χ0) is 20.6. The fourth-order valence-electron chi connectivity index (χ4n) is 3.57. The van der Waals surface area contributed by atoms with E-state index in [1.807, 2.05) is 30.3 Å². The predicted molar refractivity (Wildman–Crippen MR) is 115 cm³/mol. The van der Waals surface area contributed by atoms with Gasteiger partial charge in [0.05, 0.1) is 11.6 Å². The molecule has 1 saturated heterocycles. The van der Waals surface area contributed by atoms with Crippen molar-refractivity contribution in [1.29, 1.82) is 5.26 Å². The third-order valence-corrected chi connectivity index (χ3v) is 5.10. The van der Waals surface area contributed by atoms with Crippen LogP contribution in [0.1, 0.15) is 38.2 Å². The fourth-order valence-corrected chi connectivity index (χ4v) is 3.57. The second-order valence-corrected chi connectivity index (χ2v) is 7.23. The van der Waals surface area contributed by atoms with Crippen molar-refractivity contribution < 1.29 is 9.59 Å². The lowest BCUT2D eigenvalue weighted by atomic mass is 10.1. The summed E-state index contributed by atoms with van der Waals surface area (Å²) >= 11 is 0. The summed E-state index contributed by atoms with van der Waals surface area (Å²) < 4.78 is 0. The van der Waals surface area contributed by atoms with Gasteiger partial charge in [-0.3, -0.25) is 9.59 Å². The molecule has 3 rings (SSSR count). The van der Waals surface area contributed by atoms with Crippen LogP contribution >= 0.6 is 0 Å². The van der Waals surface area contributed by atoms with Crippen molar-refractivity contribution in [1.82, 2.24) is 0 Å². The maximum Gasteiger partial charge on any atom is 0.226 e. The Hall–Kier alpha value is -3.33. The van der Waals surface area contributed by atoms with Crippen LogP contribution in [0.25, 0.3) is 0 Å². The van der Waals surface area contributed by atoms with Crippen molar-refractivity contribution in [2.75, 3.05) is 34.8 Å². The number of amides is 2. The van der Waals surface area contributed by atoms with Crippen LogP contribution in [0.4, 0.5) is 17.1 Å². The van der Waals surface area contributed by atoms with Crippen molar-refractivity contribution in [2.45, 2.75) is 32.6 Å². The highest BCUT2D eigenvalue weighted by Crippen LogP contribution is 2.24. The second-order valence-electron chi connectivity index (χ2n) is 7.23. The Bertz CT molecular complexity index is 896. The lowest BCUT2D eigenvalue weighted by molar-refractivity contribution is -0.117. The Kier molecular flexibility index (Phi) is 6.85. The molecule has 0 aromatic heterocycles. The van der Waals surface area contributed by atoms with E-state index in [2.05, 4.69) is 10.2 Å². The lowest BCUT2D eigenvalue weighted by Gasteiger charge is -2.29. The Morgan fingerprint density at radius 2 is 1.83 bits per heavy atom.